The number of benzene rings is 1. The summed E-state index contributed by atoms with van der Waals surface area (Å²) in [6.07, 6.45) is 2.58. The van der Waals surface area contributed by atoms with E-state index < -0.39 is 27.9 Å². The van der Waals surface area contributed by atoms with Crippen molar-refractivity contribution in [3.8, 4) is 0 Å². The first-order chi connectivity index (χ1) is 10.8. The number of aliphatic carboxylic acids is 1. The Morgan fingerprint density at radius 2 is 1.78 bits per heavy atom. The Labute approximate surface area is 135 Å². The molecule has 8 heteroatoms. The van der Waals surface area contributed by atoms with Crippen molar-refractivity contribution in [3.05, 3.63) is 29.8 Å². The minimum absolute atomic E-state index is 0.0360. The minimum atomic E-state index is -3.77. The van der Waals surface area contributed by atoms with Crippen molar-refractivity contribution in [2.45, 2.75) is 37.1 Å². The summed E-state index contributed by atoms with van der Waals surface area (Å²) < 4.78 is 26.9. The summed E-state index contributed by atoms with van der Waals surface area (Å²) in [5.41, 5.74) is -0.0360. The Balaban J connectivity index is 2.33. The molecule has 0 bridgehead atoms. The van der Waals surface area contributed by atoms with E-state index in [9.17, 15) is 18.0 Å². The van der Waals surface area contributed by atoms with Crippen LogP contribution in [0.25, 0.3) is 0 Å². The number of hydrogen-bond acceptors (Lipinski definition) is 4. The Bertz CT molecular complexity index is 696. The van der Waals surface area contributed by atoms with Crippen LogP contribution in [0.1, 0.15) is 36.5 Å². The van der Waals surface area contributed by atoms with Gasteiger partial charge in [0, 0.05) is 13.1 Å². The zero-order valence-corrected chi connectivity index (χ0v) is 13.7. The summed E-state index contributed by atoms with van der Waals surface area (Å²) in [5, 5.41) is 11.2. The summed E-state index contributed by atoms with van der Waals surface area (Å²) in [6.45, 7) is 2.19. The number of carbonyl (C=O) groups excluding carboxylic acids is 1. The van der Waals surface area contributed by atoms with Crippen molar-refractivity contribution >= 4 is 21.9 Å². The fraction of sp³-hybridized carbons (Fsp3) is 0.467. The second-order valence-electron chi connectivity index (χ2n) is 5.49. The van der Waals surface area contributed by atoms with Gasteiger partial charge in [0.2, 0.25) is 10.0 Å². The normalized spacial score (nSPS) is 17.4. The highest BCUT2D eigenvalue weighted by atomic mass is 32.2. The Hall–Kier alpha value is -1.93. The summed E-state index contributed by atoms with van der Waals surface area (Å²) in [6, 6.07) is 4.77. The van der Waals surface area contributed by atoms with Crippen LogP contribution < -0.4 is 5.32 Å². The lowest BCUT2D eigenvalue weighted by Crippen LogP contribution is -2.40. The van der Waals surface area contributed by atoms with Gasteiger partial charge in [-0.2, -0.15) is 4.31 Å². The number of carboxylic acid groups (broad SMARTS) is 1. The molecule has 126 valence electrons. The lowest BCUT2D eigenvalue weighted by molar-refractivity contribution is -0.138. The molecule has 1 amide bonds. The number of piperidine rings is 1. The highest BCUT2D eigenvalue weighted by Gasteiger charge is 2.30. The second-order valence-corrected chi connectivity index (χ2v) is 7.40. The third-order valence-electron chi connectivity index (χ3n) is 3.78. The largest absolute Gasteiger partial charge is 0.480 e. The second kappa shape index (κ2) is 7.10. The highest BCUT2D eigenvalue weighted by molar-refractivity contribution is 7.89. The number of sulfonamides is 1. The topological polar surface area (TPSA) is 104 Å². The predicted octanol–water partition coefficient (Wildman–Crippen LogP) is 1.06. The SMILES string of the molecule is C[C@@H](NC(=O)c1ccccc1S(=O)(=O)N1CCCCC1)C(=O)O. The van der Waals surface area contributed by atoms with E-state index >= 15 is 0 Å². The molecule has 2 N–H and O–H groups in total. The molecule has 7 nitrogen and oxygen atoms in total. The molecule has 23 heavy (non-hydrogen) atoms. The molecule has 0 aliphatic carbocycles. The van der Waals surface area contributed by atoms with Gasteiger partial charge in [0.1, 0.15) is 6.04 Å². The van der Waals surface area contributed by atoms with E-state index in [4.69, 9.17) is 5.11 Å². The van der Waals surface area contributed by atoms with Crippen LogP contribution in [0.2, 0.25) is 0 Å². The molecule has 0 aromatic heterocycles. The molecule has 0 saturated carbocycles. The molecule has 1 aliphatic heterocycles. The van der Waals surface area contributed by atoms with E-state index in [-0.39, 0.29) is 10.5 Å². The summed E-state index contributed by atoms with van der Waals surface area (Å²) in [7, 11) is -3.77. The van der Waals surface area contributed by atoms with Gasteiger partial charge in [-0.05, 0) is 31.9 Å². The van der Waals surface area contributed by atoms with Crippen LogP contribution >= 0.6 is 0 Å². The van der Waals surface area contributed by atoms with Crippen molar-refractivity contribution in [2.24, 2.45) is 0 Å². The number of hydrogen-bond donors (Lipinski definition) is 2. The van der Waals surface area contributed by atoms with Gasteiger partial charge >= 0.3 is 5.97 Å². The van der Waals surface area contributed by atoms with Crippen LogP contribution in [0.15, 0.2) is 29.2 Å². The maximum atomic E-state index is 12.8. The lowest BCUT2D eigenvalue weighted by Gasteiger charge is -2.26. The van der Waals surface area contributed by atoms with Gasteiger partial charge in [-0.25, -0.2) is 8.42 Å². The molecule has 0 spiro atoms. The Kier molecular flexibility index (Phi) is 5.38. The first-order valence-electron chi connectivity index (χ1n) is 7.47. The summed E-state index contributed by atoms with van der Waals surface area (Å²) in [5.74, 6) is -1.90. The van der Waals surface area contributed by atoms with Gasteiger partial charge in [-0.15, -0.1) is 0 Å². The molecule has 1 fully saturated rings. The Morgan fingerprint density at radius 3 is 2.39 bits per heavy atom. The van der Waals surface area contributed by atoms with Gasteiger partial charge < -0.3 is 10.4 Å². The molecule has 1 saturated heterocycles. The van der Waals surface area contributed by atoms with E-state index in [0.29, 0.717) is 13.1 Å². The Morgan fingerprint density at radius 1 is 1.17 bits per heavy atom. The molecule has 2 rings (SSSR count). The van der Waals surface area contributed by atoms with E-state index in [1.807, 2.05) is 0 Å². The minimum Gasteiger partial charge on any atom is -0.480 e. The van der Waals surface area contributed by atoms with Crippen molar-refractivity contribution in [3.63, 3.8) is 0 Å². The quantitative estimate of drug-likeness (QED) is 0.834. The molecule has 1 heterocycles. The van der Waals surface area contributed by atoms with Crippen molar-refractivity contribution in [1.82, 2.24) is 9.62 Å². The highest BCUT2D eigenvalue weighted by Crippen LogP contribution is 2.23. The molecule has 1 aromatic rings. The molecule has 1 aliphatic rings. The number of carbonyl (C=O) groups is 2. The van der Waals surface area contributed by atoms with Crippen LogP contribution in [0.4, 0.5) is 0 Å². The fourth-order valence-corrected chi connectivity index (χ4v) is 4.17. The zero-order chi connectivity index (χ0) is 17.0. The monoisotopic (exact) mass is 340 g/mol. The number of nitrogens with one attached hydrogen (secondary N) is 1. The first kappa shape index (κ1) is 17.4. The molecule has 1 aromatic carbocycles. The number of nitrogens with zero attached hydrogens (tertiary/aromatic N) is 1. The van der Waals surface area contributed by atoms with Crippen LogP contribution in [0.5, 0.6) is 0 Å². The lowest BCUT2D eigenvalue weighted by atomic mass is 10.2. The number of carboxylic acids is 1. The summed E-state index contributed by atoms with van der Waals surface area (Å²) in [4.78, 5) is 23.0. The molecule has 1 atom stereocenters. The maximum Gasteiger partial charge on any atom is 0.325 e. The standard InChI is InChI=1S/C15H20N2O5S/c1-11(15(19)20)16-14(18)12-7-3-4-8-13(12)23(21,22)17-9-5-2-6-10-17/h3-4,7-8,11H,2,5-6,9-10H2,1H3,(H,16,18)(H,19,20)/t11-/m1/s1. The van der Waals surface area contributed by atoms with Crippen molar-refractivity contribution in [1.29, 1.82) is 0 Å². The van der Waals surface area contributed by atoms with Gasteiger partial charge in [0.15, 0.2) is 0 Å². The van der Waals surface area contributed by atoms with E-state index in [2.05, 4.69) is 5.32 Å². The van der Waals surface area contributed by atoms with Gasteiger partial charge in [0.25, 0.3) is 5.91 Å². The van der Waals surface area contributed by atoms with Gasteiger partial charge in [-0.3, -0.25) is 9.59 Å². The van der Waals surface area contributed by atoms with Crippen LogP contribution in [0, 0.1) is 0 Å². The third-order valence-corrected chi connectivity index (χ3v) is 5.74. The molecular weight excluding hydrogens is 320 g/mol. The van der Waals surface area contributed by atoms with Crippen LogP contribution in [-0.4, -0.2) is 48.8 Å². The third kappa shape index (κ3) is 3.89. The van der Waals surface area contributed by atoms with Crippen LogP contribution in [-0.2, 0) is 14.8 Å². The average Bonchev–Trinajstić information content (AvgIpc) is 2.55. The number of amides is 1. The van der Waals surface area contributed by atoms with Gasteiger partial charge in [-0.1, -0.05) is 18.6 Å². The fourth-order valence-electron chi connectivity index (χ4n) is 2.46. The summed E-state index contributed by atoms with van der Waals surface area (Å²) >= 11 is 0. The average molecular weight is 340 g/mol. The molecular formula is C15H20N2O5S. The van der Waals surface area contributed by atoms with Gasteiger partial charge in [0.05, 0.1) is 10.5 Å². The van der Waals surface area contributed by atoms with Crippen molar-refractivity contribution in [2.75, 3.05) is 13.1 Å². The van der Waals surface area contributed by atoms with Crippen LogP contribution in [0.3, 0.4) is 0 Å². The maximum absolute atomic E-state index is 12.8. The number of rotatable bonds is 5. The van der Waals surface area contributed by atoms with E-state index in [1.54, 1.807) is 12.1 Å². The smallest absolute Gasteiger partial charge is 0.325 e. The molecule has 0 unspecified atom stereocenters. The van der Waals surface area contributed by atoms with E-state index in [1.165, 1.54) is 23.4 Å². The van der Waals surface area contributed by atoms with Crippen molar-refractivity contribution < 1.29 is 23.1 Å². The first-order valence-corrected chi connectivity index (χ1v) is 8.91. The predicted molar refractivity (Wildman–Crippen MR) is 83.6 cm³/mol. The zero-order valence-electron chi connectivity index (χ0n) is 12.9. The van der Waals surface area contributed by atoms with E-state index in [0.717, 1.165) is 19.3 Å². The molecule has 0 radical (unpaired) electrons.